The maximum absolute atomic E-state index is 2.34. The molecule has 0 saturated carbocycles. The van der Waals surface area contributed by atoms with E-state index in [4.69, 9.17) is 0 Å². The fraction of sp³-hybridized carbons (Fsp3) is 1.00. The largest absolute Gasteiger partial charge is 1.00 e. The molecular weight excluding hydrogens is 410 g/mol. The lowest BCUT2D eigenvalue weighted by atomic mass is 10.0. The van der Waals surface area contributed by atoms with E-state index in [2.05, 4.69) is 27.7 Å². The van der Waals surface area contributed by atoms with Gasteiger partial charge in [-0.1, -0.05) is 118 Å². The van der Waals surface area contributed by atoms with Crippen LogP contribution in [0.2, 0.25) is 0 Å². The van der Waals surface area contributed by atoms with Gasteiger partial charge in [0, 0.05) is 0 Å². The van der Waals surface area contributed by atoms with Crippen molar-refractivity contribution in [2.24, 2.45) is 0 Å². The van der Waals surface area contributed by atoms with Crippen LogP contribution in [0.3, 0.4) is 0 Å². The summed E-state index contributed by atoms with van der Waals surface area (Å²) in [5.74, 6) is 0. The molecule has 0 rings (SSSR count). The lowest BCUT2D eigenvalue weighted by Crippen LogP contribution is -3.00. The van der Waals surface area contributed by atoms with Crippen LogP contribution < -0.4 is 12.4 Å². The van der Waals surface area contributed by atoms with Gasteiger partial charge in [0.15, 0.2) is 0 Å². The summed E-state index contributed by atoms with van der Waals surface area (Å²) < 4.78 is 1.47. The summed E-state index contributed by atoms with van der Waals surface area (Å²) in [6, 6.07) is 0. The molecule has 0 aliphatic heterocycles. The van der Waals surface area contributed by atoms with Crippen LogP contribution in [0, 0.1) is 0 Å². The highest BCUT2D eigenvalue weighted by Crippen LogP contribution is 2.20. The molecule has 0 saturated heterocycles. The topological polar surface area (TPSA) is 0 Å². The third-order valence-corrected chi connectivity index (χ3v) is 7.44. The Kier molecular flexibility index (Phi) is 29.6. The van der Waals surface area contributed by atoms with Gasteiger partial charge < -0.3 is 16.9 Å². The van der Waals surface area contributed by atoms with Gasteiger partial charge in [0.1, 0.15) is 0 Å². The van der Waals surface area contributed by atoms with Crippen LogP contribution in [0.5, 0.6) is 0 Å². The molecule has 0 bridgehead atoms. The SMILES string of the molecule is CCCCCCCC[N+](CCCCCCC)(CCCCCCC)CCCCCCCC.[Cl-]. The quantitative estimate of drug-likeness (QED) is 0.0902. The standard InChI is InChI=1S/C30H64N.ClH/c1-5-9-13-17-21-25-29-31(27-23-19-15-11-7-3,28-24-20-16-12-8-4)30-26-22-18-14-10-6-2;/h5-30H2,1-4H3;1H/q+1;/p-1. The Morgan fingerprint density at radius 3 is 0.688 bits per heavy atom. The molecule has 0 unspecified atom stereocenters. The summed E-state index contributed by atoms with van der Waals surface area (Å²) >= 11 is 0. The van der Waals surface area contributed by atoms with Crippen molar-refractivity contribution in [2.75, 3.05) is 26.2 Å². The van der Waals surface area contributed by atoms with E-state index in [1.54, 1.807) is 0 Å². The molecule has 0 aliphatic carbocycles. The van der Waals surface area contributed by atoms with Crippen LogP contribution in [0.15, 0.2) is 0 Å². The van der Waals surface area contributed by atoms with Crippen LogP contribution >= 0.6 is 0 Å². The molecule has 32 heavy (non-hydrogen) atoms. The third-order valence-electron chi connectivity index (χ3n) is 7.44. The van der Waals surface area contributed by atoms with Crippen molar-refractivity contribution in [3.8, 4) is 0 Å². The van der Waals surface area contributed by atoms with Crippen molar-refractivity contribution in [1.82, 2.24) is 0 Å². The average Bonchev–Trinajstić information content (AvgIpc) is 2.78. The second-order valence-electron chi connectivity index (χ2n) is 10.6. The zero-order chi connectivity index (χ0) is 22.9. The van der Waals surface area contributed by atoms with E-state index >= 15 is 0 Å². The van der Waals surface area contributed by atoms with E-state index in [1.165, 1.54) is 172 Å². The molecule has 0 N–H and O–H groups in total. The van der Waals surface area contributed by atoms with Gasteiger partial charge in [0.2, 0.25) is 0 Å². The van der Waals surface area contributed by atoms with Gasteiger partial charge >= 0.3 is 0 Å². The van der Waals surface area contributed by atoms with E-state index < -0.39 is 0 Å². The number of halogens is 1. The molecule has 0 aliphatic rings. The highest BCUT2D eigenvalue weighted by atomic mass is 35.5. The molecule has 0 aromatic carbocycles. The van der Waals surface area contributed by atoms with E-state index in [1.807, 2.05) is 0 Å². The average molecular weight is 474 g/mol. The number of nitrogens with zero attached hydrogens (tertiary/aromatic N) is 1. The van der Waals surface area contributed by atoms with E-state index in [0.717, 1.165) is 0 Å². The Morgan fingerprint density at radius 1 is 0.281 bits per heavy atom. The number of hydrogen-bond acceptors (Lipinski definition) is 0. The van der Waals surface area contributed by atoms with E-state index in [9.17, 15) is 0 Å². The summed E-state index contributed by atoms with van der Waals surface area (Å²) in [7, 11) is 0. The van der Waals surface area contributed by atoms with Gasteiger partial charge in [0.25, 0.3) is 0 Å². The lowest BCUT2D eigenvalue weighted by Gasteiger charge is -2.40. The Morgan fingerprint density at radius 2 is 0.469 bits per heavy atom. The predicted molar refractivity (Wildman–Crippen MR) is 144 cm³/mol. The van der Waals surface area contributed by atoms with Gasteiger partial charge in [-0.3, -0.25) is 0 Å². The highest BCUT2D eigenvalue weighted by molar-refractivity contribution is 4.54. The van der Waals surface area contributed by atoms with Crippen molar-refractivity contribution in [3.63, 3.8) is 0 Å². The fourth-order valence-corrected chi connectivity index (χ4v) is 5.23. The molecule has 0 heterocycles. The van der Waals surface area contributed by atoms with Crippen LogP contribution in [-0.2, 0) is 0 Å². The zero-order valence-electron chi connectivity index (χ0n) is 23.2. The summed E-state index contributed by atoms with van der Waals surface area (Å²) in [5.41, 5.74) is 0. The molecule has 0 aromatic rings. The minimum atomic E-state index is 0. The van der Waals surface area contributed by atoms with Gasteiger partial charge in [-0.05, 0) is 51.4 Å². The minimum Gasteiger partial charge on any atom is -1.00 e. The number of rotatable bonds is 26. The first-order valence-corrected chi connectivity index (χ1v) is 15.1. The first-order valence-electron chi connectivity index (χ1n) is 15.1. The van der Waals surface area contributed by atoms with Crippen molar-refractivity contribution < 1.29 is 16.9 Å². The number of unbranched alkanes of at least 4 members (excludes halogenated alkanes) is 18. The Bertz CT molecular complexity index is 299. The second kappa shape index (κ2) is 27.5. The van der Waals surface area contributed by atoms with Gasteiger partial charge in [-0.2, -0.15) is 0 Å². The molecule has 196 valence electrons. The first kappa shape index (κ1) is 34.4. The second-order valence-corrected chi connectivity index (χ2v) is 10.6. The number of hydrogen-bond donors (Lipinski definition) is 0. The van der Waals surface area contributed by atoms with E-state index in [-0.39, 0.29) is 12.4 Å². The van der Waals surface area contributed by atoms with Crippen molar-refractivity contribution in [1.29, 1.82) is 0 Å². The molecule has 0 amide bonds. The van der Waals surface area contributed by atoms with Gasteiger partial charge in [-0.25, -0.2) is 0 Å². The van der Waals surface area contributed by atoms with Gasteiger partial charge in [0.05, 0.1) is 26.2 Å². The van der Waals surface area contributed by atoms with E-state index in [0.29, 0.717) is 0 Å². The lowest BCUT2D eigenvalue weighted by molar-refractivity contribution is -0.929. The molecule has 0 aromatic heterocycles. The molecule has 0 fully saturated rings. The van der Waals surface area contributed by atoms with Gasteiger partial charge in [-0.15, -0.1) is 0 Å². The van der Waals surface area contributed by atoms with Crippen LogP contribution in [0.1, 0.15) is 169 Å². The highest BCUT2D eigenvalue weighted by Gasteiger charge is 2.25. The maximum atomic E-state index is 2.34. The summed E-state index contributed by atoms with van der Waals surface area (Å²) in [6.07, 6.45) is 31.8. The molecule has 0 radical (unpaired) electrons. The maximum Gasteiger partial charge on any atom is 0.0786 e. The Labute approximate surface area is 211 Å². The smallest absolute Gasteiger partial charge is 0.0786 e. The molecule has 1 nitrogen and oxygen atoms in total. The minimum absolute atomic E-state index is 0. The predicted octanol–water partition coefficient (Wildman–Crippen LogP) is 7.47. The zero-order valence-corrected chi connectivity index (χ0v) is 24.0. The Hall–Kier alpha value is 0.250. The third kappa shape index (κ3) is 22.1. The molecule has 2 heteroatoms. The van der Waals surface area contributed by atoms with Crippen molar-refractivity contribution in [2.45, 2.75) is 169 Å². The van der Waals surface area contributed by atoms with Crippen LogP contribution in [0.4, 0.5) is 0 Å². The van der Waals surface area contributed by atoms with Crippen molar-refractivity contribution >= 4 is 0 Å². The Balaban J connectivity index is 0. The molecule has 0 atom stereocenters. The monoisotopic (exact) mass is 473 g/mol. The summed E-state index contributed by atoms with van der Waals surface area (Å²) in [5, 5.41) is 0. The van der Waals surface area contributed by atoms with Crippen LogP contribution in [-0.4, -0.2) is 30.7 Å². The summed E-state index contributed by atoms with van der Waals surface area (Å²) in [6.45, 7) is 15.2. The normalized spacial score (nSPS) is 11.6. The summed E-state index contributed by atoms with van der Waals surface area (Å²) in [4.78, 5) is 0. The van der Waals surface area contributed by atoms with Crippen molar-refractivity contribution in [3.05, 3.63) is 0 Å². The molecule has 0 spiro atoms. The van der Waals surface area contributed by atoms with Crippen LogP contribution in [0.25, 0.3) is 0 Å². The number of quaternary nitrogens is 1. The molecular formula is C30H64ClN. The fourth-order valence-electron chi connectivity index (χ4n) is 5.23. The first-order chi connectivity index (χ1) is 15.2.